The fourth-order valence-electron chi connectivity index (χ4n) is 4.97. The predicted octanol–water partition coefficient (Wildman–Crippen LogP) is 7.69. The zero-order chi connectivity index (χ0) is 24.6. The van der Waals surface area contributed by atoms with Crippen LogP contribution < -0.4 is 0 Å². The van der Waals surface area contributed by atoms with Gasteiger partial charge in [0.2, 0.25) is 0 Å². The van der Waals surface area contributed by atoms with Gasteiger partial charge in [0.15, 0.2) is 0 Å². The molecule has 0 spiro atoms. The van der Waals surface area contributed by atoms with E-state index in [2.05, 4.69) is 28.8 Å². The number of nitrogens with zero attached hydrogens (tertiary/aromatic N) is 3. The molecular formula is C30H23Cl2N3O. The van der Waals surface area contributed by atoms with Crippen LogP contribution in [0, 0.1) is 0 Å². The minimum atomic E-state index is -0.657. The lowest BCUT2D eigenvalue weighted by Crippen LogP contribution is -2.22. The van der Waals surface area contributed by atoms with E-state index in [-0.39, 0.29) is 0 Å². The summed E-state index contributed by atoms with van der Waals surface area (Å²) in [4.78, 5) is 4.75. The highest BCUT2D eigenvalue weighted by Gasteiger charge is 2.19. The molecule has 4 aromatic carbocycles. The van der Waals surface area contributed by atoms with Crippen LogP contribution in [0.3, 0.4) is 0 Å². The maximum absolute atomic E-state index is 11.3. The summed E-state index contributed by atoms with van der Waals surface area (Å²) < 4.78 is 4.18. The van der Waals surface area contributed by atoms with Crippen molar-refractivity contribution in [3.05, 3.63) is 113 Å². The van der Waals surface area contributed by atoms with Gasteiger partial charge in [-0.3, -0.25) is 0 Å². The van der Waals surface area contributed by atoms with Gasteiger partial charge in [0.1, 0.15) is 0 Å². The molecule has 0 unspecified atom stereocenters. The van der Waals surface area contributed by atoms with Crippen LogP contribution in [0.1, 0.15) is 0 Å². The zero-order valence-corrected chi connectivity index (χ0v) is 20.9. The van der Waals surface area contributed by atoms with Gasteiger partial charge in [-0.05, 0) is 36.4 Å². The van der Waals surface area contributed by atoms with Crippen molar-refractivity contribution in [1.82, 2.24) is 14.1 Å². The highest BCUT2D eigenvalue weighted by atomic mass is 35.5. The van der Waals surface area contributed by atoms with E-state index in [1.54, 1.807) is 0 Å². The number of hydrogen-bond donors (Lipinski definition) is 1. The first-order valence-electron chi connectivity index (χ1n) is 11.8. The van der Waals surface area contributed by atoms with Crippen molar-refractivity contribution in [3.8, 4) is 22.5 Å². The molecule has 0 aliphatic rings. The average molecular weight is 512 g/mol. The van der Waals surface area contributed by atoms with Crippen molar-refractivity contribution in [3.63, 3.8) is 0 Å². The van der Waals surface area contributed by atoms with Gasteiger partial charge in [-0.1, -0.05) is 83.9 Å². The minimum absolute atomic E-state index is 0.395. The monoisotopic (exact) mass is 511 g/mol. The van der Waals surface area contributed by atoms with Crippen LogP contribution in [0.5, 0.6) is 0 Å². The van der Waals surface area contributed by atoms with E-state index >= 15 is 0 Å². The summed E-state index contributed by atoms with van der Waals surface area (Å²) in [6, 6.07) is 32.0. The van der Waals surface area contributed by atoms with Gasteiger partial charge in [-0.2, -0.15) is 0 Å². The summed E-state index contributed by atoms with van der Waals surface area (Å²) in [7, 11) is 0. The van der Waals surface area contributed by atoms with E-state index in [9.17, 15) is 5.11 Å². The number of hydrogen-bond acceptors (Lipinski definition) is 2. The number of rotatable bonds is 6. The van der Waals surface area contributed by atoms with Crippen molar-refractivity contribution in [2.75, 3.05) is 0 Å². The maximum atomic E-state index is 11.3. The summed E-state index contributed by atoms with van der Waals surface area (Å²) in [5.41, 5.74) is 6.00. The van der Waals surface area contributed by atoms with Crippen molar-refractivity contribution in [2.24, 2.45) is 0 Å². The number of benzene rings is 4. The number of halogens is 2. The van der Waals surface area contributed by atoms with E-state index in [1.807, 2.05) is 83.7 Å². The molecule has 0 aliphatic heterocycles. The summed E-state index contributed by atoms with van der Waals surface area (Å²) >= 11 is 12.6. The molecule has 0 bridgehead atoms. The lowest BCUT2D eigenvalue weighted by molar-refractivity contribution is 0.137. The van der Waals surface area contributed by atoms with Gasteiger partial charge in [0.05, 0.1) is 36.9 Å². The second-order valence-electron chi connectivity index (χ2n) is 8.91. The number of aromatic nitrogens is 3. The van der Waals surface area contributed by atoms with E-state index in [1.165, 1.54) is 0 Å². The molecule has 6 rings (SSSR count). The Hall–Kier alpha value is -3.57. The number of imidazole rings is 1. The van der Waals surface area contributed by atoms with Crippen molar-refractivity contribution >= 4 is 45.0 Å². The Labute approximate surface area is 219 Å². The van der Waals surface area contributed by atoms with Crippen molar-refractivity contribution in [2.45, 2.75) is 19.2 Å². The van der Waals surface area contributed by atoms with Crippen LogP contribution in [-0.2, 0) is 13.1 Å². The highest BCUT2D eigenvalue weighted by molar-refractivity contribution is 6.33. The lowest BCUT2D eigenvalue weighted by Gasteiger charge is -2.17. The third kappa shape index (κ3) is 4.18. The van der Waals surface area contributed by atoms with Crippen molar-refractivity contribution < 1.29 is 5.11 Å². The first-order valence-corrected chi connectivity index (χ1v) is 12.5. The molecule has 6 heteroatoms. The predicted molar refractivity (Wildman–Crippen MR) is 149 cm³/mol. The Balaban J connectivity index is 1.39. The molecule has 1 N–H and O–H groups in total. The third-order valence-electron chi connectivity index (χ3n) is 6.52. The van der Waals surface area contributed by atoms with E-state index < -0.39 is 6.10 Å². The molecule has 0 radical (unpaired) electrons. The standard InChI is InChI=1S/C30H23Cl2N3O/c31-22-11-13-27-25(15-22)26-16-23(32)12-14-28(26)35(27)18-24(36)17-34-19-33-29(20-7-3-1-4-8-20)30(34)21-9-5-2-6-10-21/h1-16,19,24,36H,17-18H2/t24-/m0/s1. The van der Waals surface area contributed by atoms with Crippen LogP contribution in [-0.4, -0.2) is 25.3 Å². The van der Waals surface area contributed by atoms with Crippen LogP contribution in [0.25, 0.3) is 44.3 Å². The van der Waals surface area contributed by atoms with E-state index in [4.69, 9.17) is 28.2 Å². The Morgan fingerprint density at radius 3 is 1.83 bits per heavy atom. The maximum Gasteiger partial charge on any atom is 0.0963 e. The molecule has 0 amide bonds. The highest BCUT2D eigenvalue weighted by Crippen LogP contribution is 2.34. The third-order valence-corrected chi connectivity index (χ3v) is 6.99. The van der Waals surface area contributed by atoms with Gasteiger partial charge in [0.25, 0.3) is 0 Å². The topological polar surface area (TPSA) is 43.0 Å². The second-order valence-corrected chi connectivity index (χ2v) is 9.79. The van der Waals surface area contributed by atoms with Gasteiger partial charge >= 0.3 is 0 Å². The normalized spacial score (nSPS) is 12.4. The van der Waals surface area contributed by atoms with Crippen LogP contribution in [0.15, 0.2) is 103 Å². The quantitative estimate of drug-likeness (QED) is 0.249. The van der Waals surface area contributed by atoms with Gasteiger partial charge < -0.3 is 14.2 Å². The van der Waals surface area contributed by atoms with Gasteiger partial charge in [-0.15, -0.1) is 0 Å². The van der Waals surface area contributed by atoms with E-state index in [0.29, 0.717) is 23.1 Å². The summed E-state index contributed by atoms with van der Waals surface area (Å²) in [6.07, 6.45) is 1.16. The molecule has 2 heterocycles. The minimum Gasteiger partial charge on any atom is -0.389 e. The first-order chi connectivity index (χ1) is 17.6. The number of aliphatic hydroxyl groups is 1. The fraction of sp³-hybridized carbons (Fsp3) is 0.100. The Morgan fingerprint density at radius 2 is 1.25 bits per heavy atom. The molecule has 6 aromatic rings. The van der Waals surface area contributed by atoms with Gasteiger partial charge in [-0.25, -0.2) is 4.98 Å². The van der Waals surface area contributed by atoms with E-state index in [0.717, 1.165) is 44.3 Å². The molecule has 1 atom stereocenters. The Morgan fingerprint density at radius 1 is 0.694 bits per heavy atom. The zero-order valence-electron chi connectivity index (χ0n) is 19.4. The largest absolute Gasteiger partial charge is 0.389 e. The summed E-state index contributed by atoms with van der Waals surface area (Å²) in [6.45, 7) is 0.808. The molecular weight excluding hydrogens is 489 g/mol. The van der Waals surface area contributed by atoms with Crippen LogP contribution in [0.2, 0.25) is 10.0 Å². The first kappa shape index (κ1) is 22.9. The molecule has 178 valence electrons. The van der Waals surface area contributed by atoms with Crippen LogP contribution in [0.4, 0.5) is 0 Å². The summed E-state index contributed by atoms with van der Waals surface area (Å²) in [5, 5.41) is 14.7. The lowest BCUT2D eigenvalue weighted by atomic mass is 10.0. The van der Waals surface area contributed by atoms with Crippen molar-refractivity contribution in [1.29, 1.82) is 0 Å². The number of fused-ring (bicyclic) bond motifs is 3. The molecule has 4 nitrogen and oxygen atoms in total. The Bertz CT molecular complexity index is 1610. The second kappa shape index (κ2) is 9.47. The molecule has 0 saturated heterocycles. The SMILES string of the molecule is O[C@@H](Cn1cnc(-c2ccccc2)c1-c1ccccc1)Cn1c2ccc(Cl)cc2c2cc(Cl)ccc21. The molecule has 0 aliphatic carbocycles. The smallest absolute Gasteiger partial charge is 0.0963 e. The fourth-order valence-corrected chi connectivity index (χ4v) is 5.31. The van der Waals surface area contributed by atoms with Crippen LogP contribution >= 0.6 is 23.2 Å². The summed E-state index contributed by atoms with van der Waals surface area (Å²) in [5.74, 6) is 0. The Kier molecular flexibility index (Phi) is 6.02. The average Bonchev–Trinajstić information content (AvgIpc) is 3.44. The van der Waals surface area contributed by atoms with Gasteiger partial charge in [0, 0.05) is 43.0 Å². The molecule has 2 aromatic heterocycles. The molecule has 36 heavy (non-hydrogen) atoms. The molecule has 0 saturated carbocycles. The molecule has 0 fully saturated rings. The number of aliphatic hydroxyl groups excluding tert-OH is 1.